The van der Waals surface area contributed by atoms with E-state index in [1.807, 2.05) is 20.3 Å². The Labute approximate surface area is 94.1 Å². The lowest BCUT2D eigenvalue weighted by Gasteiger charge is -1.90. The lowest BCUT2D eigenvalue weighted by Crippen LogP contribution is -1.86. The number of aryl methyl sites for hydroxylation is 1. The Bertz CT molecular complexity index is 448. The zero-order chi connectivity index (χ0) is 10.1. The van der Waals surface area contributed by atoms with Gasteiger partial charge in [-0.25, -0.2) is 4.98 Å². The van der Waals surface area contributed by atoms with Gasteiger partial charge in [0.1, 0.15) is 5.69 Å². The number of anilines is 1. The van der Waals surface area contributed by atoms with E-state index in [4.69, 9.17) is 0 Å². The Morgan fingerprint density at radius 1 is 1.57 bits per heavy atom. The lowest BCUT2D eigenvalue weighted by atomic mass is 10.3. The van der Waals surface area contributed by atoms with Gasteiger partial charge in [0.05, 0.1) is 9.98 Å². The second-order valence-corrected chi connectivity index (χ2v) is 5.11. The molecule has 2 rings (SSSR count). The molecule has 0 aliphatic carbocycles. The van der Waals surface area contributed by atoms with Crippen LogP contribution >= 0.6 is 27.3 Å². The van der Waals surface area contributed by atoms with Crippen LogP contribution in [0.4, 0.5) is 5.13 Å². The molecule has 0 saturated heterocycles. The van der Waals surface area contributed by atoms with Gasteiger partial charge in [-0.15, -0.1) is 0 Å². The monoisotopic (exact) mass is 272 g/mol. The molecule has 0 bridgehead atoms. The molecule has 1 N–H and O–H groups in total. The van der Waals surface area contributed by atoms with Crippen LogP contribution in [0, 0.1) is 0 Å². The predicted octanol–water partition coefficient (Wildman–Crippen LogP) is 2.35. The molecule has 0 aliphatic heterocycles. The molecule has 0 aliphatic rings. The fourth-order valence-electron chi connectivity index (χ4n) is 1.13. The van der Waals surface area contributed by atoms with E-state index in [9.17, 15) is 0 Å². The minimum Gasteiger partial charge on any atom is -0.365 e. The summed E-state index contributed by atoms with van der Waals surface area (Å²) >= 11 is 5.06. The molecule has 0 fully saturated rings. The lowest BCUT2D eigenvalue weighted by molar-refractivity contribution is 0.768. The highest BCUT2D eigenvalue weighted by Crippen LogP contribution is 2.34. The third-order valence-corrected chi connectivity index (χ3v) is 3.50. The van der Waals surface area contributed by atoms with Crippen LogP contribution in [0.5, 0.6) is 0 Å². The largest absolute Gasteiger partial charge is 0.365 e. The number of aromatic nitrogens is 3. The summed E-state index contributed by atoms with van der Waals surface area (Å²) in [7, 11) is 3.75. The van der Waals surface area contributed by atoms with Crippen molar-refractivity contribution in [1.82, 2.24) is 14.8 Å². The molecule has 0 radical (unpaired) electrons. The molecule has 6 heteroatoms. The van der Waals surface area contributed by atoms with E-state index in [1.165, 1.54) is 0 Å². The Balaban J connectivity index is 2.45. The zero-order valence-electron chi connectivity index (χ0n) is 7.78. The molecule has 14 heavy (non-hydrogen) atoms. The van der Waals surface area contributed by atoms with Crippen LogP contribution in [-0.2, 0) is 7.05 Å². The van der Waals surface area contributed by atoms with Gasteiger partial charge in [0.2, 0.25) is 0 Å². The molecule has 0 aromatic carbocycles. The maximum absolute atomic E-state index is 4.42. The van der Waals surface area contributed by atoms with Crippen LogP contribution in [0.15, 0.2) is 16.2 Å². The van der Waals surface area contributed by atoms with Crippen LogP contribution in [-0.4, -0.2) is 21.8 Å². The van der Waals surface area contributed by atoms with Crippen LogP contribution in [0.25, 0.3) is 11.3 Å². The minimum atomic E-state index is 0.899. The number of rotatable bonds is 2. The number of hydrogen-bond acceptors (Lipinski definition) is 4. The number of thiazole rings is 1. The van der Waals surface area contributed by atoms with Gasteiger partial charge in [0.15, 0.2) is 5.13 Å². The smallest absolute Gasteiger partial charge is 0.184 e. The van der Waals surface area contributed by atoms with Gasteiger partial charge in [-0.05, 0) is 15.9 Å². The van der Waals surface area contributed by atoms with Gasteiger partial charge in [-0.1, -0.05) is 11.3 Å². The normalized spacial score (nSPS) is 10.5. The molecular weight excluding hydrogens is 264 g/mol. The van der Waals surface area contributed by atoms with E-state index < -0.39 is 0 Å². The predicted molar refractivity (Wildman–Crippen MR) is 61.6 cm³/mol. The van der Waals surface area contributed by atoms with Gasteiger partial charge in [0, 0.05) is 25.9 Å². The van der Waals surface area contributed by atoms with Crippen molar-refractivity contribution in [3.8, 4) is 11.3 Å². The average molecular weight is 273 g/mol. The Morgan fingerprint density at radius 2 is 2.36 bits per heavy atom. The molecule has 74 valence electrons. The fourth-order valence-corrected chi connectivity index (χ4v) is 2.58. The summed E-state index contributed by atoms with van der Waals surface area (Å²) in [5.74, 6) is 0. The standard InChI is InChI=1S/C8H9BrN4S/c1-10-8-12-6(7(9)14-8)5-3-11-13(2)4-5/h3-4H,1-2H3,(H,10,12). The number of hydrogen-bond donors (Lipinski definition) is 1. The highest BCUT2D eigenvalue weighted by Gasteiger charge is 2.11. The van der Waals surface area contributed by atoms with E-state index in [1.54, 1.807) is 22.2 Å². The Kier molecular flexibility index (Phi) is 2.56. The van der Waals surface area contributed by atoms with E-state index >= 15 is 0 Å². The summed E-state index contributed by atoms with van der Waals surface area (Å²) in [5, 5.41) is 8.02. The van der Waals surface area contributed by atoms with Crippen molar-refractivity contribution in [2.24, 2.45) is 7.05 Å². The van der Waals surface area contributed by atoms with Crippen LogP contribution in [0.2, 0.25) is 0 Å². The van der Waals surface area contributed by atoms with Gasteiger partial charge in [0.25, 0.3) is 0 Å². The Morgan fingerprint density at radius 3 is 2.86 bits per heavy atom. The maximum Gasteiger partial charge on any atom is 0.184 e. The summed E-state index contributed by atoms with van der Waals surface area (Å²) in [6.07, 6.45) is 3.75. The number of nitrogens with one attached hydrogen (secondary N) is 1. The average Bonchev–Trinajstić information content (AvgIpc) is 2.71. The number of halogens is 1. The maximum atomic E-state index is 4.42. The minimum absolute atomic E-state index is 0.899. The van der Waals surface area contributed by atoms with Crippen molar-refractivity contribution in [2.75, 3.05) is 12.4 Å². The van der Waals surface area contributed by atoms with E-state index in [-0.39, 0.29) is 0 Å². The highest BCUT2D eigenvalue weighted by atomic mass is 79.9. The van der Waals surface area contributed by atoms with Crippen molar-refractivity contribution in [3.05, 3.63) is 16.2 Å². The molecule has 0 saturated carbocycles. The summed E-state index contributed by atoms with van der Waals surface area (Å²) in [4.78, 5) is 4.42. The number of nitrogens with zero attached hydrogens (tertiary/aromatic N) is 3. The van der Waals surface area contributed by atoms with Crippen molar-refractivity contribution in [1.29, 1.82) is 0 Å². The molecule has 2 aromatic heterocycles. The molecule has 0 amide bonds. The molecular formula is C8H9BrN4S. The second-order valence-electron chi connectivity index (χ2n) is 2.79. The van der Waals surface area contributed by atoms with Crippen LogP contribution in [0.3, 0.4) is 0 Å². The van der Waals surface area contributed by atoms with Crippen molar-refractivity contribution >= 4 is 32.4 Å². The van der Waals surface area contributed by atoms with E-state index in [0.29, 0.717) is 0 Å². The van der Waals surface area contributed by atoms with E-state index in [0.717, 1.165) is 20.2 Å². The summed E-state index contributed by atoms with van der Waals surface area (Å²) in [6, 6.07) is 0. The quantitative estimate of drug-likeness (QED) is 0.913. The zero-order valence-corrected chi connectivity index (χ0v) is 10.2. The third-order valence-electron chi connectivity index (χ3n) is 1.78. The van der Waals surface area contributed by atoms with Crippen LogP contribution in [0.1, 0.15) is 0 Å². The van der Waals surface area contributed by atoms with Gasteiger partial charge in [-0.2, -0.15) is 5.10 Å². The fraction of sp³-hybridized carbons (Fsp3) is 0.250. The van der Waals surface area contributed by atoms with Gasteiger partial charge < -0.3 is 5.32 Å². The summed E-state index contributed by atoms with van der Waals surface area (Å²) in [5.41, 5.74) is 1.96. The first-order valence-electron chi connectivity index (χ1n) is 4.04. The first kappa shape index (κ1) is 9.67. The molecule has 2 aromatic rings. The molecule has 4 nitrogen and oxygen atoms in total. The van der Waals surface area contributed by atoms with Crippen molar-refractivity contribution in [3.63, 3.8) is 0 Å². The topological polar surface area (TPSA) is 42.7 Å². The molecule has 2 heterocycles. The SMILES string of the molecule is CNc1nc(-c2cnn(C)c2)c(Br)s1. The first-order chi connectivity index (χ1) is 6.70. The molecule has 0 atom stereocenters. The Hall–Kier alpha value is -0.880. The highest BCUT2D eigenvalue weighted by molar-refractivity contribution is 9.11. The van der Waals surface area contributed by atoms with Crippen LogP contribution < -0.4 is 5.32 Å². The first-order valence-corrected chi connectivity index (χ1v) is 5.64. The van der Waals surface area contributed by atoms with Gasteiger partial charge in [-0.3, -0.25) is 4.68 Å². The van der Waals surface area contributed by atoms with E-state index in [2.05, 4.69) is 31.3 Å². The third kappa shape index (κ3) is 1.67. The second kappa shape index (κ2) is 3.70. The summed E-state index contributed by atoms with van der Waals surface area (Å²) < 4.78 is 2.79. The van der Waals surface area contributed by atoms with Crippen molar-refractivity contribution < 1.29 is 0 Å². The molecule has 0 unspecified atom stereocenters. The molecule has 0 spiro atoms. The van der Waals surface area contributed by atoms with Crippen molar-refractivity contribution in [2.45, 2.75) is 0 Å². The van der Waals surface area contributed by atoms with Gasteiger partial charge >= 0.3 is 0 Å². The summed E-state index contributed by atoms with van der Waals surface area (Å²) in [6.45, 7) is 0.